The van der Waals surface area contributed by atoms with Crippen molar-refractivity contribution in [2.45, 2.75) is 101 Å². The normalized spacial score (nSPS) is 52.0. The van der Waals surface area contributed by atoms with Gasteiger partial charge in [-0.25, -0.2) is 0 Å². The summed E-state index contributed by atoms with van der Waals surface area (Å²) in [6.07, 6.45) is 14.5. The molecule has 2 aliphatic carbocycles. The number of nitrogens with zero attached hydrogens (tertiary/aromatic N) is 2. The SMILES string of the molecule is CC1CCC([C@H]2C[C@H]3CCC([C@H]2C2=NC4C(C)CCCC4S2)N3C)CC1. The van der Waals surface area contributed by atoms with Crippen molar-refractivity contribution in [1.82, 2.24) is 4.90 Å². The maximum Gasteiger partial charge on any atom is 0.0732 e. The van der Waals surface area contributed by atoms with E-state index in [4.69, 9.17) is 4.99 Å². The Morgan fingerprint density at radius 2 is 1.77 bits per heavy atom. The van der Waals surface area contributed by atoms with Crippen LogP contribution in [0.25, 0.3) is 0 Å². The van der Waals surface area contributed by atoms with Gasteiger partial charge in [-0.2, -0.15) is 0 Å². The maximum atomic E-state index is 5.48. The molecule has 0 aromatic heterocycles. The summed E-state index contributed by atoms with van der Waals surface area (Å²) >= 11 is 2.24. The van der Waals surface area contributed by atoms with Crippen LogP contribution in [-0.2, 0) is 0 Å². The lowest BCUT2D eigenvalue weighted by atomic mass is 9.67. The van der Waals surface area contributed by atoms with Gasteiger partial charge in [0, 0.05) is 23.3 Å². The Bertz CT molecular complexity index is 552. The molecule has 0 spiro atoms. The molecule has 3 heterocycles. The molecule has 3 heteroatoms. The van der Waals surface area contributed by atoms with Crippen LogP contribution in [0.2, 0.25) is 0 Å². The topological polar surface area (TPSA) is 15.6 Å². The molecule has 146 valence electrons. The minimum Gasteiger partial charge on any atom is -0.300 e. The lowest BCUT2D eigenvalue weighted by Gasteiger charge is -2.47. The van der Waals surface area contributed by atoms with Crippen molar-refractivity contribution in [3.63, 3.8) is 0 Å². The van der Waals surface area contributed by atoms with Gasteiger partial charge in [0.2, 0.25) is 0 Å². The smallest absolute Gasteiger partial charge is 0.0732 e. The van der Waals surface area contributed by atoms with Crippen molar-refractivity contribution in [1.29, 1.82) is 0 Å². The first-order valence-corrected chi connectivity index (χ1v) is 12.5. The van der Waals surface area contributed by atoms with E-state index in [0.717, 1.165) is 46.9 Å². The van der Waals surface area contributed by atoms with E-state index in [0.29, 0.717) is 6.04 Å². The van der Waals surface area contributed by atoms with Crippen LogP contribution < -0.4 is 0 Å². The summed E-state index contributed by atoms with van der Waals surface area (Å²) in [7, 11) is 2.42. The number of rotatable bonds is 2. The van der Waals surface area contributed by atoms with Crippen molar-refractivity contribution in [2.75, 3.05) is 7.05 Å². The fourth-order valence-electron chi connectivity index (χ4n) is 7.24. The van der Waals surface area contributed by atoms with Gasteiger partial charge in [-0.15, -0.1) is 11.8 Å². The van der Waals surface area contributed by atoms with Crippen LogP contribution in [0.15, 0.2) is 4.99 Å². The van der Waals surface area contributed by atoms with Crippen LogP contribution in [0.5, 0.6) is 0 Å². The molecular formula is C23H38N2S. The van der Waals surface area contributed by atoms with Gasteiger partial charge in [0.05, 0.1) is 11.1 Å². The van der Waals surface area contributed by atoms with Crippen LogP contribution >= 0.6 is 11.8 Å². The monoisotopic (exact) mass is 374 g/mol. The van der Waals surface area contributed by atoms with Crippen LogP contribution in [0.1, 0.15) is 78.1 Å². The zero-order valence-corrected chi connectivity index (χ0v) is 17.9. The summed E-state index contributed by atoms with van der Waals surface area (Å²) in [6.45, 7) is 4.93. The zero-order chi connectivity index (χ0) is 17.8. The van der Waals surface area contributed by atoms with Gasteiger partial charge >= 0.3 is 0 Å². The first kappa shape index (κ1) is 18.0. The predicted octanol–water partition coefficient (Wildman–Crippen LogP) is 5.61. The van der Waals surface area contributed by atoms with Crippen molar-refractivity contribution < 1.29 is 0 Å². The standard InChI is InChI=1S/C23H38N2S/c1-14-7-9-16(10-8-14)18-13-17-11-12-19(25(17)3)21(18)23-24-22-15(2)5-4-6-20(22)26-23/h14-22H,4-13H2,1-3H3/t14?,15?,16?,17-,18-,19?,20?,21+,22?/m1/s1. The number of piperidine rings is 1. The maximum absolute atomic E-state index is 5.48. The van der Waals surface area contributed by atoms with Crippen molar-refractivity contribution in [2.24, 2.45) is 34.6 Å². The van der Waals surface area contributed by atoms with E-state index in [1.54, 1.807) is 5.04 Å². The van der Waals surface area contributed by atoms with Gasteiger partial charge in [0.25, 0.3) is 0 Å². The van der Waals surface area contributed by atoms with Crippen LogP contribution in [0.3, 0.4) is 0 Å². The molecule has 4 unspecified atom stereocenters. The van der Waals surface area contributed by atoms with Gasteiger partial charge in [-0.05, 0) is 75.7 Å². The molecule has 5 aliphatic rings. The lowest BCUT2D eigenvalue weighted by Crippen LogP contribution is -2.51. The highest BCUT2D eigenvalue weighted by Gasteiger charge is 2.52. The third kappa shape index (κ3) is 3.00. The summed E-state index contributed by atoms with van der Waals surface area (Å²) in [5, 5.41) is 2.42. The summed E-state index contributed by atoms with van der Waals surface area (Å²) in [5.41, 5.74) is 0. The predicted molar refractivity (Wildman–Crippen MR) is 113 cm³/mol. The number of thioether (sulfide) groups is 1. The van der Waals surface area contributed by atoms with Crippen molar-refractivity contribution in [3.8, 4) is 0 Å². The highest BCUT2D eigenvalue weighted by molar-refractivity contribution is 8.14. The van der Waals surface area contributed by atoms with E-state index in [-0.39, 0.29) is 0 Å². The number of hydrogen-bond donors (Lipinski definition) is 0. The van der Waals surface area contributed by atoms with E-state index >= 15 is 0 Å². The van der Waals surface area contributed by atoms with E-state index < -0.39 is 0 Å². The number of hydrogen-bond acceptors (Lipinski definition) is 3. The third-order valence-corrected chi connectivity index (χ3v) is 10.4. The highest BCUT2D eigenvalue weighted by atomic mass is 32.2. The molecule has 2 nitrogen and oxygen atoms in total. The second-order valence-corrected chi connectivity index (χ2v) is 11.7. The van der Waals surface area contributed by atoms with Gasteiger partial charge in [-0.1, -0.05) is 33.1 Å². The molecule has 5 rings (SSSR count). The third-order valence-electron chi connectivity index (χ3n) is 8.93. The molecule has 4 fully saturated rings. The van der Waals surface area contributed by atoms with E-state index in [1.165, 1.54) is 64.2 Å². The molecule has 0 radical (unpaired) electrons. The Hall–Kier alpha value is -0.0200. The minimum atomic E-state index is 0.639. The molecule has 2 saturated heterocycles. The molecule has 26 heavy (non-hydrogen) atoms. The molecule has 0 N–H and O–H groups in total. The Labute approximate surface area is 165 Å². The van der Waals surface area contributed by atoms with Crippen molar-refractivity contribution in [3.05, 3.63) is 0 Å². The van der Waals surface area contributed by atoms with Gasteiger partial charge < -0.3 is 0 Å². The Morgan fingerprint density at radius 1 is 0.962 bits per heavy atom. The summed E-state index contributed by atoms with van der Waals surface area (Å²) < 4.78 is 0. The molecule has 0 aromatic carbocycles. The molecular weight excluding hydrogens is 336 g/mol. The summed E-state index contributed by atoms with van der Waals surface area (Å²) in [4.78, 5) is 8.24. The molecule has 0 amide bonds. The lowest BCUT2D eigenvalue weighted by molar-refractivity contribution is 0.0538. The number of aliphatic imine (C=N–C) groups is 1. The quantitative estimate of drug-likeness (QED) is 0.624. The molecule has 7 atom stereocenters. The second kappa shape index (κ2) is 7.10. The van der Waals surface area contributed by atoms with E-state index in [2.05, 4.69) is 37.6 Å². The van der Waals surface area contributed by atoms with Gasteiger partial charge in [0.15, 0.2) is 0 Å². The van der Waals surface area contributed by atoms with Crippen LogP contribution in [-0.4, -0.2) is 40.4 Å². The summed E-state index contributed by atoms with van der Waals surface area (Å²) in [6, 6.07) is 2.30. The molecule has 0 aromatic rings. The van der Waals surface area contributed by atoms with Crippen LogP contribution in [0, 0.1) is 29.6 Å². The first-order chi connectivity index (χ1) is 12.6. The van der Waals surface area contributed by atoms with Crippen LogP contribution in [0.4, 0.5) is 0 Å². The van der Waals surface area contributed by atoms with Gasteiger partial charge in [-0.3, -0.25) is 9.89 Å². The Balaban J connectivity index is 1.42. The largest absolute Gasteiger partial charge is 0.300 e. The first-order valence-electron chi connectivity index (χ1n) is 11.6. The summed E-state index contributed by atoms with van der Waals surface area (Å²) in [5.74, 6) is 4.45. The van der Waals surface area contributed by atoms with E-state index in [1.807, 2.05) is 0 Å². The Morgan fingerprint density at radius 3 is 2.54 bits per heavy atom. The fraction of sp³-hybridized carbons (Fsp3) is 0.957. The zero-order valence-electron chi connectivity index (χ0n) is 17.1. The van der Waals surface area contributed by atoms with Gasteiger partial charge in [0.1, 0.15) is 0 Å². The Kier molecular flexibility index (Phi) is 4.93. The second-order valence-electron chi connectivity index (χ2n) is 10.4. The molecule has 2 saturated carbocycles. The number of fused-ring (bicyclic) bond motifs is 3. The van der Waals surface area contributed by atoms with Crippen molar-refractivity contribution >= 4 is 16.8 Å². The average Bonchev–Trinajstić information content (AvgIpc) is 3.15. The fourth-order valence-corrected chi connectivity index (χ4v) is 8.97. The minimum absolute atomic E-state index is 0.639. The highest BCUT2D eigenvalue weighted by Crippen LogP contribution is 2.52. The average molecular weight is 375 g/mol. The van der Waals surface area contributed by atoms with E-state index in [9.17, 15) is 0 Å². The molecule has 2 bridgehead atoms. The molecule has 3 aliphatic heterocycles.